The summed E-state index contributed by atoms with van der Waals surface area (Å²) in [5, 5.41) is 3.55. The number of amides is 1. The molecule has 0 saturated heterocycles. The predicted molar refractivity (Wildman–Crippen MR) is 102 cm³/mol. The van der Waals surface area contributed by atoms with Crippen LogP contribution < -0.4 is 5.32 Å². The number of Topliss-reactive ketones (excluding diaryl/α,β-unsaturated/α-hetero) is 1. The number of nitrogens with zero attached hydrogens (tertiary/aromatic N) is 1. The molecule has 1 aromatic heterocycles. The molecule has 0 unspecified atom stereocenters. The normalized spacial score (nSPS) is 16.2. The molecular formula is C20H26N2O2S. The Bertz CT molecular complexity index is 701. The predicted octanol–water partition coefficient (Wildman–Crippen LogP) is 4.73. The van der Waals surface area contributed by atoms with Gasteiger partial charge in [-0.3, -0.25) is 9.59 Å². The minimum Gasteiger partial charge on any atom is -0.346 e. The smallest absolute Gasteiger partial charge is 0.223 e. The van der Waals surface area contributed by atoms with Crippen LogP contribution in [-0.2, 0) is 4.79 Å². The second-order valence-electron chi connectivity index (χ2n) is 6.89. The summed E-state index contributed by atoms with van der Waals surface area (Å²) in [5.74, 6) is 0.0916. The van der Waals surface area contributed by atoms with Crippen LogP contribution in [0.4, 0.5) is 0 Å². The summed E-state index contributed by atoms with van der Waals surface area (Å²) in [6.45, 7) is 2.14. The quantitative estimate of drug-likeness (QED) is 0.548. The number of para-hydroxylation sites is 1. The molecule has 1 aliphatic carbocycles. The minimum absolute atomic E-state index is 0.0383. The summed E-state index contributed by atoms with van der Waals surface area (Å²) in [4.78, 5) is 30.0. The van der Waals surface area contributed by atoms with Crippen molar-refractivity contribution >= 4 is 33.2 Å². The molecule has 1 amide bonds. The molecule has 0 aliphatic heterocycles. The van der Waals surface area contributed by atoms with Crippen molar-refractivity contribution in [1.82, 2.24) is 10.3 Å². The monoisotopic (exact) mass is 358 g/mol. The zero-order valence-corrected chi connectivity index (χ0v) is 15.6. The molecule has 1 aliphatic rings. The Balaban J connectivity index is 1.74. The average molecular weight is 359 g/mol. The number of benzene rings is 1. The summed E-state index contributed by atoms with van der Waals surface area (Å²) in [6.07, 6.45) is 7.94. The van der Waals surface area contributed by atoms with E-state index in [1.807, 2.05) is 24.3 Å². The average Bonchev–Trinajstić information content (AvgIpc) is 3.29. The van der Waals surface area contributed by atoms with Crippen LogP contribution in [0.1, 0.15) is 68.1 Å². The summed E-state index contributed by atoms with van der Waals surface area (Å²) in [5.41, 5.74) is 0.852. The Morgan fingerprint density at radius 2 is 2.00 bits per heavy atom. The van der Waals surface area contributed by atoms with Gasteiger partial charge in [-0.15, -0.1) is 11.3 Å². The van der Waals surface area contributed by atoms with Crippen LogP contribution in [0.25, 0.3) is 10.2 Å². The van der Waals surface area contributed by atoms with Crippen molar-refractivity contribution in [2.75, 3.05) is 0 Å². The summed E-state index contributed by atoms with van der Waals surface area (Å²) in [6, 6.07) is 7.34. The van der Waals surface area contributed by atoms with Crippen LogP contribution in [0.5, 0.6) is 0 Å². The van der Waals surface area contributed by atoms with Gasteiger partial charge >= 0.3 is 0 Å². The Kier molecular flexibility index (Phi) is 6.19. The molecular weight excluding hydrogens is 332 g/mol. The molecule has 2 aromatic rings. The molecule has 0 spiro atoms. The zero-order valence-electron chi connectivity index (χ0n) is 14.8. The van der Waals surface area contributed by atoms with Gasteiger partial charge in [0, 0.05) is 5.92 Å². The lowest BCUT2D eigenvalue weighted by molar-refractivity contribution is -0.125. The Morgan fingerprint density at radius 3 is 2.72 bits per heavy atom. The summed E-state index contributed by atoms with van der Waals surface area (Å²) in [7, 11) is 0. The highest BCUT2D eigenvalue weighted by atomic mass is 32.1. The SMILES string of the molecule is CCCCC[C@H](NC(=O)C1CCCC1)C(=O)c1nc2ccccc2s1. The fourth-order valence-electron chi connectivity index (χ4n) is 3.47. The maximum absolute atomic E-state index is 13.0. The lowest BCUT2D eigenvalue weighted by Gasteiger charge is -2.19. The van der Waals surface area contributed by atoms with Crippen molar-refractivity contribution in [2.45, 2.75) is 64.3 Å². The van der Waals surface area contributed by atoms with Crippen LogP contribution in [0.2, 0.25) is 0 Å². The lowest BCUT2D eigenvalue weighted by Crippen LogP contribution is -2.43. The molecule has 1 heterocycles. The highest BCUT2D eigenvalue weighted by molar-refractivity contribution is 7.20. The van der Waals surface area contributed by atoms with Gasteiger partial charge in [0.2, 0.25) is 11.7 Å². The van der Waals surface area contributed by atoms with Crippen LogP contribution in [0, 0.1) is 5.92 Å². The second kappa shape index (κ2) is 8.56. The first-order valence-electron chi connectivity index (χ1n) is 9.39. The first-order chi connectivity index (χ1) is 12.2. The molecule has 1 fully saturated rings. The number of rotatable bonds is 8. The maximum atomic E-state index is 13.0. The van der Waals surface area contributed by atoms with E-state index >= 15 is 0 Å². The number of unbranched alkanes of at least 4 members (excludes halogenated alkanes) is 2. The molecule has 0 radical (unpaired) electrons. The highest BCUT2D eigenvalue weighted by Gasteiger charge is 2.29. The standard InChI is InChI=1S/C20H26N2O2S/c1-2-3-4-12-16(21-19(24)14-9-5-6-10-14)18(23)20-22-15-11-7-8-13-17(15)25-20/h7-8,11,13-14,16H,2-6,9-10,12H2,1H3,(H,21,24)/t16-/m0/s1. The van der Waals surface area contributed by atoms with Crippen LogP contribution in [0.3, 0.4) is 0 Å². The van der Waals surface area contributed by atoms with Gasteiger partial charge in [0.1, 0.15) is 0 Å². The molecule has 3 rings (SSSR count). The largest absolute Gasteiger partial charge is 0.346 e. The first-order valence-corrected chi connectivity index (χ1v) is 10.2. The van der Waals surface area contributed by atoms with Crippen molar-refractivity contribution in [3.63, 3.8) is 0 Å². The fraction of sp³-hybridized carbons (Fsp3) is 0.550. The zero-order chi connectivity index (χ0) is 17.6. The molecule has 1 N–H and O–H groups in total. The third-order valence-electron chi connectivity index (χ3n) is 4.96. The molecule has 1 aromatic carbocycles. The molecule has 134 valence electrons. The molecule has 25 heavy (non-hydrogen) atoms. The number of fused-ring (bicyclic) bond motifs is 1. The van der Waals surface area contributed by atoms with E-state index in [9.17, 15) is 9.59 Å². The number of hydrogen-bond donors (Lipinski definition) is 1. The molecule has 1 atom stereocenters. The maximum Gasteiger partial charge on any atom is 0.223 e. The van der Waals surface area contributed by atoms with E-state index in [1.54, 1.807) is 0 Å². The number of ketones is 1. The highest BCUT2D eigenvalue weighted by Crippen LogP contribution is 2.26. The van der Waals surface area contributed by atoms with Gasteiger partial charge in [-0.2, -0.15) is 0 Å². The van der Waals surface area contributed by atoms with E-state index in [-0.39, 0.29) is 17.6 Å². The number of thiazole rings is 1. The van der Waals surface area contributed by atoms with Gasteiger partial charge < -0.3 is 5.32 Å². The molecule has 5 heteroatoms. The van der Waals surface area contributed by atoms with Crippen molar-refractivity contribution in [3.8, 4) is 0 Å². The topological polar surface area (TPSA) is 59.1 Å². The van der Waals surface area contributed by atoms with E-state index in [0.717, 1.165) is 55.2 Å². The summed E-state index contributed by atoms with van der Waals surface area (Å²) >= 11 is 1.42. The minimum atomic E-state index is -0.444. The van der Waals surface area contributed by atoms with Crippen LogP contribution in [0.15, 0.2) is 24.3 Å². The number of aromatic nitrogens is 1. The van der Waals surface area contributed by atoms with E-state index < -0.39 is 6.04 Å². The number of hydrogen-bond acceptors (Lipinski definition) is 4. The van der Waals surface area contributed by atoms with Crippen LogP contribution >= 0.6 is 11.3 Å². The van der Waals surface area contributed by atoms with Crippen LogP contribution in [-0.4, -0.2) is 22.7 Å². The third-order valence-corrected chi connectivity index (χ3v) is 6.01. The van der Waals surface area contributed by atoms with Gasteiger partial charge in [0.25, 0.3) is 0 Å². The first kappa shape index (κ1) is 18.1. The van der Waals surface area contributed by atoms with Gasteiger partial charge in [0.15, 0.2) is 5.01 Å². The van der Waals surface area contributed by atoms with Gasteiger partial charge in [-0.1, -0.05) is 51.2 Å². The van der Waals surface area contributed by atoms with Gasteiger partial charge in [-0.05, 0) is 31.4 Å². The van der Waals surface area contributed by atoms with Crippen molar-refractivity contribution in [1.29, 1.82) is 0 Å². The molecule has 1 saturated carbocycles. The number of carbonyl (C=O) groups excluding carboxylic acids is 2. The fourth-order valence-corrected chi connectivity index (χ4v) is 4.43. The molecule has 4 nitrogen and oxygen atoms in total. The lowest BCUT2D eigenvalue weighted by atomic mass is 10.0. The Hall–Kier alpha value is -1.75. The van der Waals surface area contributed by atoms with E-state index in [1.165, 1.54) is 11.3 Å². The van der Waals surface area contributed by atoms with E-state index in [4.69, 9.17) is 0 Å². The van der Waals surface area contributed by atoms with Gasteiger partial charge in [0.05, 0.1) is 16.3 Å². The number of carbonyl (C=O) groups is 2. The third kappa shape index (κ3) is 4.46. The van der Waals surface area contributed by atoms with Crippen molar-refractivity contribution < 1.29 is 9.59 Å². The molecule has 0 bridgehead atoms. The summed E-state index contributed by atoms with van der Waals surface area (Å²) < 4.78 is 1.01. The van der Waals surface area contributed by atoms with Crippen molar-refractivity contribution in [3.05, 3.63) is 29.3 Å². The van der Waals surface area contributed by atoms with Crippen molar-refractivity contribution in [2.24, 2.45) is 5.92 Å². The second-order valence-corrected chi connectivity index (χ2v) is 7.92. The Morgan fingerprint density at radius 1 is 1.24 bits per heavy atom. The number of nitrogens with one attached hydrogen (secondary N) is 1. The van der Waals surface area contributed by atoms with E-state index in [0.29, 0.717) is 11.4 Å². The van der Waals surface area contributed by atoms with E-state index in [2.05, 4.69) is 17.2 Å². The van der Waals surface area contributed by atoms with Gasteiger partial charge in [-0.25, -0.2) is 4.98 Å². The Labute approximate surface area is 153 Å².